The van der Waals surface area contributed by atoms with Gasteiger partial charge in [0.2, 0.25) is 0 Å². The van der Waals surface area contributed by atoms with Gasteiger partial charge in [-0.1, -0.05) is 18.2 Å². The molecule has 3 N–H and O–H groups in total. The third kappa shape index (κ3) is 2.41. The van der Waals surface area contributed by atoms with Crippen molar-refractivity contribution in [1.82, 2.24) is 14.8 Å². The molecule has 0 aliphatic rings. The number of halogens is 1. The predicted molar refractivity (Wildman–Crippen MR) is 82.2 cm³/mol. The number of aromatic nitrogens is 3. The number of nitrogen functional groups attached to an aromatic ring is 1. The molecule has 7 heteroatoms. The van der Waals surface area contributed by atoms with Gasteiger partial charge in [0.25, 0.3) is 0 Å². The third-order valence-electron chi connectivity index (χ3n) is 3.06. The van der Waals surface area contributed by atoms with Crippen molar-refractivity contribution in [1.29, 1.82) is 0 Å². The first-order valence-corrected chi connectivity index (χ1v) is 6.02. The van der Waals surface area contributed by atoms with Gasteiger partial charge in [-0.15, -0.1) is 12.4 Å². The Morgan fingerprint density at radius 1 is 1.29 bits per heavy atom. The number of carbonyl (C=O) groups is 1. The van der Waals surface area contributed by atoms with Crippen LogP contribution in [0, 0.1) is 6.92 Å². The molecule has 1 aromatic carbocycles. The number of fused-ring (bicyclic) bond motifs is 1. The summed E-state index contributed by atoms with van der Waals surface area (Å²) in [6.45, 7) is 1.82. The summed E-state index contributed by atoms with van der Waals surface area (Å²) in [6, 6.07) is 10.8. The highest BCUT2D eigenvalue weighted by Crippen LogP contribution is 2.26. The van der Waals surface area contributed by atoms with E-state index < -0.39 is 5.97 Å². The van der Waals surface area contributed by atoms with Gasteiger partial charge >= 0.3 is 5.97 Å². The van der Waals surface area contributed by atoms with Crippen molar-refractivity contribution >= 4 is 35.1 Å². The number of nitrogens with two attached hydrogens (primary N) is 1. The Balaban J connectivity index is 0.00000161. The zero-order valence-corrected chi connectivity index (χ0v) is 12.0. The number of aromatic carboxylic acids is 1. The first-order valence-electron chi connectivity index (χ1n) is 6.02. The van der Waals surface area contributed by atoms with Crippen molar-refractivity contribution in [2.45, 2.75) is 6.92 Å². The normalized spacial score (nSPS) is 10.3. The van der Waals surface area contributed by atoms with Crippen LogP contribution in [-0.2, 0) is 0 Å². The minimum atomic E-state index is -1.11. The molecule has 0 unspecified atom stereocenters. The Kier molecular flexibility index (Phi) is 3.82. The summed E-state index contributed by atoms with van der Waals surface area (Å²) in [5.74, 6) is -1.11. The van der Waals surface area contributed by atoms with Gasteiger partial charge in [0.1, 0.15) is 0 Å². The van der Waals surface area contributed by atoms with Gasteiger partial charge < -0.3 is 10.8 Å². The number of benzene rings is 1. The number of hydrogen-bond acceptors (Lipinski definition) is 4. The van der Waals surface area contributed by atoms with Crippen molar-refractivity contribution in [3.05, 3.63) is 47.8 Å². The second-order valence-electron chi connectivity index (χ2n) is 4.43. The van der Waals surface area contributed by atoms with Crippen LogP contribution in [0.4, 0.5) is 5.69 Å². The number of nitrogens with zero attached hydrogens (tertiary/aromatic N) is 3. The summed E-state index contributed by atoms with van der Waals surface area (Å²) in [5, 5.41) is 14.2. The number of pyridine rings is 1. The Morgan fingerprint density at radius 3 is 2.57 bits per heavy atom. The Hall–Kier alpha value is -2.60. The number of para-hydroxylation sites is 1. The van der Waals surface area contributed by atoms with Crippen LogP contribution in [0.2, 0.25) is 0 Å². The Bertz CT molecular complexity index is 815. The minimum Gasteiger partial charge on any atom is -0.477 e. The van der Waals surface area contributed by atoms with Crippen LogP contribution in [0.3, 0.4) is 0 Å². The maximum atomic E-state index is 11.1. The molecular formula is C14H13ClN4O2. The zero-order chi connectivity index (χ0) is 14.3. The highest BCUT2D eigenvalue weighted by molar-refractivity contribution is 5.96. The Morgan fingerprint density at radius 2 is 1.95 bits per heavy atom. The van der Waals surface area contributed by atoms with Crippen LogP contribution in [0.15, 0.2) is 36.4 Å². The van der Waals surface area contributed by atoms with E-state index in [9.17, 15) is 4.79 Å². The summed E-state index contributed by atoms with van der Waals surface area (Å²) in [6.07, 6.45) is 0. The molecule has 6 nitrogen and oxygen atoms in total. The number of rotatable bonds is 2. The first kappa shape index (κ1) is 14.8. The van der Waals surface area contributed by atoms with Gasteiger partial charge in [0, 0.05) is 5.69 Å². The SMILES string of the molecule is Cc1nn(-c2ccccc2)c2nc(C(=O)O)cc(N)c12.Cl. The van der Waals surface area contributed by atoms with Gasteiger partial charge in [0.15, 0.2) is 11.3 Å². The highest BCUT2D eigenvalue weighted by Gasteiger charge is 2.16. The number of carboxylic acid groups (broad SMARTS) is 1. The monoisotopic (exact) mass is 304 g/mol. The van der Waals surface area contributed by atoms with E-state index in [0.717, 1.165) is 5.69 Å². The molecule has 0 spiro atoms. The van der Waals surface area contributed by atoms with E-state index in [-0.39, 0.29) is 18.1 Å². The fourth-order valence-corrected chi connectivity index (χ4v) is 2.18. The second kappa shape index (κ2) is 5.41. The first-order chi connectivity index (χ1) is 9.58. The molecule has 0 aliphatic carbocycles. The summed E-state index contributed by atoms with van der Waals surface area (Å²) >= 11 is 0. The minimum absolute atomic E-state index is 0. The summed E-state index contributed by atoms with van der Waals surface area (Å²) in [7, 11) is 0. The molecule has 0 fully saturated rings. The lowest BCUT2D eigenvalue weighted by Gasteiger charge is -2.04. The molecule has 2 heterocycles. The molecular weight excluding hydrogens is 292 g/mol. The van der Waals surface area contributed by atoms with E-state index in [0.29, 0.717) is 22.4 Å². The van der Waals surface area contributed by atoms with E-state index in [2.05, 4.69) is 10.1 Å². The van der Waals surface area contributed by atoms with Crippen LogP contribution in [-0.4, -0.2) is 25.8 Å². The van der Waals surface area contributed by atoms with Crippen molar-refractivity contribution in [2.24, 2.45) is 0 Å². The molecule has 0 bridgehead atoms. The maximum Gasteiger partial charge on any atom is 0.354 e. The molecule has 108 valence electrons. The summed E-state index contributed by atoms with van der Waals surface area (Å²) < 4.78 is 1.60. The summed E-state index contributed by atoms with van der Waals surface area (Å²) in [4.78, 5) is 15.3. The molecule has 0 amide bonds. The molecule has 3 rings (SSSR count). The van der Waals surface area contributed by atoms with Gasteiger partial charge in [-0.3, -0.25) is 0 Å². The maximum absolute atomic E-state index is 11.1. The Labute approximate surface area is 126 Å². The van der Waals surface area contributed by atoms with E-state index >= 15 is 0 Å². The number of anilines is 1. The van der Waals surface area contributed by atoms with Gasteiger partial charge in [-0.2, -0.15) is 5.10 Å². The predicted octanol–water partition coefficient (Wildman–Crippen LogP) is 2.43. The lowest BCUT2D eigenvalue weighted by atomic mass is 10.2. The second-order valence-corrected chi connectivity index (χ2v) is 4.43. The van der Waals surface area contributed by atoms with Crippen LogP contribution in [0.25, 0.3) is 16.7 Å². The van der Waals surface area contributed by atoms with E-state index in [1.807, 2.05) is 37.3 Å². The van der Waals surface area contributed by atoms with E-state index in [1.54, 1.807) is 4.68 Å². The standard InChI is InChI=1S/C14H12N4O2.ClH/c1-8-12-10(15)7-11(14(19)20)16-13(12)18(17-8)9-5-3-2-4-6-9;/h2-7H,1H3,(H2,15,16)(H,19,20);1H. The van der Waals surface area contributed by atoms with E-state index in [1.165, 1.54) is 6.07 Å². The van der Waals surface area contributed by atoms with Crippen molar-refractivity contribution < 1.29 is 9.90 Å². The van der Waals surface area contributed by atoms with E-state index in [4.69, 9.17) is 10.8 Å². The van der Waals surface area contributed by atoms with Gasteiger partial charge in [-0.05, 0) is 25.1 Å². The van der Waals surface area contributed by atoms with Crippen molar-refractivity contribution in [2.75, 3.05) is 5.73 Å². The highest BCUT2D eigenvalue weighted by atomic mass is 35.5. The fourth-order valence-electron chi connectivity index (χ4n) is 2.18. The molecule has 0 saturated carbocycles. The largest absolute Gasteiger partial charge is 0.477 e. The average Bonchev–Trinajstić information content (AvgIpc) is 2.77. The fraction of sp³-hybridized carbons (Fsp3) is 0.0714. The molecule has 0 aliphatic heterocycles. The van der Waals surface area contributed by atoms with Crippen LogP contribution in [0.1, 0.15) is 16.2 Å². The third-order valence-corrected chi connectivity index (χ3v) is 3.06. The lowest BCUT2D eigenvalue weighted by molar-refractivity contribution is 0.0691. The number of aryl methyl sites for hydroxylation is 1. The van der Waals surface area contributed by atoms with Gasteiger partial charge in [-0.25, -0.2) is 14.5 Å². The number of carboxylic acids is 1. The molecule has 2 aromatic heterocycles. The van der Waals surface area contributed by atoms with Crippen LogP contribution in [0.5, 0.6) is 0 Å². The quantitative estimate of drug-likeness (QED) is 0.758. The summed E-state index contributed by atoms with van der Waals surface area (Å²) in [5.41, 5.74) is 8.18. The zero-order valence-electron chi connectivity index (χ0n) is 11.1. The molecule has 0 atom stereocenters. The van der Waals surface area contributed by atoms with Gasteiger partial charge in [0.05, 0.1) is 16.8 Å². The number of hydrogen-bond donors (Lipinski definition) is 2. The molecule has 0 saturated heterocycles. The topological polar surface area (TPSA) is 94.0 Å². The smallest absolute Gasteiger partial charge is 0.354 e. The van der Waals surface area contributed by atoms with Crippen molar-refractivity contribution in [3.63, 3.8) is 0 Å². The average molecular weight is 305 g/mol. The van der Waals surface area contributed by atoms with Crippen LogP contribution < -0.4 is 5.73 Å². The molecule has 21 heavy (non-hydrogen) atoms. The molecule has 0 radical (unpaired) electrons. The van der Waals surface area contributed by atoms with Crippen LogP contribution >= 0.6 is 12.4 Å². The van der Waals surface area contributed by atoms with Crippen molar-refractivity contribution in [3.8, 4) is 5.69 Å². The lowest BCUT2D eigenvalue weighted by Crippen LogP contribution is -2.05. The molecule has 3 aromatic rings.